The first-order valence-corrected chi connectivity index (χ1v) is 5.74. The first-order valence-electron chi connectivity index (χ1n) is 3.42. The highest BCUT2D eigenvalue weighted by atomic mass is 35.5. The van der Waals surface area contributed by atoms with E-state index >= 15 is 0 Å². The summed E-state index contributed by atoms with van der Waals surface area (Å²) in [6, 6.07) is 0. The minimum atomic E-state index is -2.09. The van der Waals surface area contributed by atoms with Gasteiger partial charge in [0.2, 0.25) is 0 Å². The number of allylic oxidation sites excluding steroid dienone is 3. The number of carboxylic acid groups (broad SMARTS) is 1. The Balaban J connectivity index is 3.45. The Morgan fingerprint density at radius 1 is 1.20 bits per heavy atom. The van der Waals surface area contributed by atoms with Gasteiger partial charge >= 0.3 is 5.97 Å². The molecule has 2 nitrogen and oxygen atoms in total. The molecule has 2 atom stereocenters. The third-order valence-electron chi connectivity index (χ3n) is 1.80. The zero-order valence-corrected chi connectivity index (χ0v) is 11.2. The average Bonchev–Trinajstić information content (AvgIpc) is 2.20. The molecule has 0 aliphatic heterocycles. The number of aliphatic carboxylic acids is 1. The number of hydrogen-bond donors (Lipinski definition) is 1. The maximum Gasteiger partial charge on any atom is 0.332 e. The van der Waals surface area contributed by atoms with Gasteiger partial charge in [-0.25, -0.2) is 4.79 Å². The predicted molar refractivity (Wildman–Crippen MR) is 63.3 cm³/mol. The average molecular weight is 331 g/mol. The van der Waals surface area contributed by atoms with E-state index in [2.05, 4.69) is 0 Å². The van der Waals surface area contributed by atoms with E-state index in [1.807, 2.05) is 0 Å². The summed E-state index contributed by atoms with van der Waals surface area (Å²) in [4.78, 5) is 8.89. The number of halogens is 6. The molecule has 0 amide bonds. The molecule has 0 saturated heterocycles. The maximum absolute atomic E-state index is 11.0. The van der Waals surface area contributed by atoms with E-state index in [9.17, 15) is 4.79 Å². The van der Waals surface area contributed by atoms with Crippen LogP contribution in [-0.4, -0.2) is 21.3 Å². The van der Waals surface area contributed by atoms with Crippen molar-refractivity contribution in [3.8, 4) is 0 Å². The van der Waals surface area contributed by atoms with Crippen LogP contribution in [0, 0.1) is 0 Å². The van der Waals surface area contributed by atoms with Crippen LogP contribution in [0.1, 0.15) is 0 Å². The van der Waals surface area contributed by atoms with Crippen molar-refractivity contribution < 1.29 is 9.90 Å². The topological polar surface area (TPSA) is 37.3 Å². The lowest BCUT2D eigenvalue weighted by Gasteiger charge is -2.31. The van der Waals surface area contributed by atoms with Crippen molar-refractivity contribution in [2.75, 3.05) is 0 Å². The highest BCUT2D eigenvalue weighted by Crippen LogP contribution is 2.50. The lowest BCUT2D eigenvalue weighted by Crippen LogP contribution is -2.44. The second-order valence-corrected chi connectivity index (χ2v) is 5.24. The Morgan fingerprint density at radius 3 is 2.07 bits per heavy atom. The summed E-state index contributed by atoms with van der Waals surface area (Å²) < 4.78 is 0. The van der Waals surface area contributed by atoms with E-state index in [4.69, 9.17) is 74.7 Å². The van der Waals surface area contributed by atoms with Gasteiger partial charge in [0.1, 0.15) is 5.38 Å². The Morgan fingerprint density at radius 2 is 1.67 bits per heavy atom. The maximum atomic E-state index is 11.0. The summed E-state index contributed by atoms with van der Waals surface area (Å²) in [5, 5.41) is 6.86. The highest BCUT2D eigenvalue weighted by Gasteiger charge is 2.52. The molecule has 1 aliphatic carbocycles. The number of hydrogen-bond acceptors (Lipinski definition) is 1. The van der Waals surface area contributed by atoms with Crippen LogP contribution in [0.4, 0.5) is 0 Å². The van der Waals surface area contributed by atoms with E-state index in [1.165, 1.54) is 0 Å². The second kappa shape index (κ2) is 4.52. The minimum absolute atomic E-state index is 0.0964. The van der Waals surface area contributed by atoms with Crippen LogP contribution in [0.25, 0.3) is 0 Å². The molecule has 1 N–H and O–H groups in total. The molecule has 0 saturated carbocycles. The number of carboxylic acids is 1. The van der Waals surface area contributed by atoms with Gasteiger partial charge in [0, 0.05) is 0 Å². The van der Waals surface area contributed by atoms with E-state index in [-0.39, 0.29) is 20.1 Å². The molecule has 0 radical (unpaired) electrons. The zero-order valence-electron chi connectivity index (χ0n) is 6.70. The van der Waals surface area contributed by atoms with Crippen LogP contribution in [0.3, 0.4) is 0 Å². The largest absolute Gasteiger partial charge is 0.480 e. The first kappa shape index (κ1) is 13.8. The SMILES string of the molecule is O=C(O)C1(Cl)C(Cl)=C(Cl)C(Cl)=C(Cl)C1Cl. The lowest BCUT2D eigenvalue weighted by molar-refractivity contribution is -0.138. The molecule has 1 rings (SSSR count). The van der Waals surface area contributed by atoms with Crippen molar-refractivity contribution in [3.63, 3.8) is 0 Å². The fraction of sp³-hybridized carbons (Fsp3) is 0.286. The molecule has 8 heteroatoms. The van der Waals surface area contributed by atoms with E-state index < -0.39 is 16.2 Å². The molecule has 0 bridgehead atoms. The minimum Gasteiger partial charge on any atom is -0.480 e. The van der Waals surface area contributed by atoms with Gasteiger partial charge < -0.3 is 5.11 Å². The van der Waals surface area contributed by atoms with E-state index in [0.29, 0.717) is 0 Å². The van der Waals surface area contributed by atoms with Crippen LogP contribution >= 0.6 is 69.6 Å². The molecule has 84 valence electrons. The van der Waals surface area contributed by atoms with Gasteiger partial charge in [-0.3, -0.25) is 0 Å². The van der Waals surface area contributed by atoms with Crippen LogP contribution < -0.4 is 0 Å². The highest BCUT2D eigenvalue weighted by molar-refractivity contribution is 6.59. The lowest BCUT2D eigenvalue weighted by atomic mass is 9.98. The normalized spacial score (nSPS) is 32.3. The van der Waals surface area contributed by atoms with Crippen molar-refractivity contribution >= 4 is 75.6 Å². The van der Waals surface area contributed by atoms with E-state index in [0.717, 1.165) is 0 Å². The first-order chi connectivity index (χ1) is 6.74. The van der Waals surface area contributed by atoms with Crippen molar-refractivity contribution in [1.29, 1.82) is 0 Å². The van der Waals surface area contributed by atoms with Crippen LogP contribution in [0.5, 0.6) is 0 Å². The van der Waals surface area contributed by atoms with Crippen molar-refractivity contribution in [3.05, 3.63) is 20.1 Å². The quantitative estimate of drug-likeness (QED) is 0.736. The van der Waals surface area contributed by atoms with Gasteiger partial charge in [-0.15, -0.1) is 11.6 Å². The van der Waals surface area contributed by atoms with Crippen LogP contribution in [0.15, 0.2) is 20.1 Å². The summed E-state index contributed by atoms with van der Waals surface area (Å²) in [6.07, 6.45) is 0. The molecule has 0 fully saturated rings. The summed E-state index contributed by atoms with van der Waals surface area (Å²) in [6.45, 7) is 0. The van der Waals surface area contributed by atoms with Gasteiger partial charge in [0.25, 0.3) is 0 Å². The summed E-state index contributed by atoms with van der Waals surface area (Å²) in [7, 11) is 0. The molecule has 0 aromatic heterocycles. The second-order valence-electron chi connectivity index (χ2n) is 2.67. The third kappa shape index (κ3) is 1.97. The Hall–Kier alpha value is 0.690. The van der Waals surface area contributed by atoms with Gasteiger partial charge in [-0.1, -0.05) is 58.0 Å². The zero-order chi connectivity index (χ0) is 12.0. The Bertz CT molecular complexity index is 387. The third-order valence-corrected chi connectivity index (χ3v) is 5.19. The van der Waals surface area contributed by atoms with Crippen LogP contribution in [0.2, 0.25) is 0 Å². The Labute approximate surface area is 115 Å². The number of rotatable bonds is 1. The van der Waals surface area contributed by atoms with Crippen molar-refractivity contribution in [2.24, 2.45) is 0 Å². The van der Waals surface area contributed by atoms with Crippen LogP contribution in [-0.2, 0) is 4.79 Å². The summed E-state index contributed by atoms with van der Waals surface area (Å²) in [5.41, 5.74) is 0. The molecule has 0 aromatic rings. The van der Waals surface area contributed by atoms with Gasteiger partial charge in [0.15, 0.2) is 4.87 Å². The molecule has 0 aromatic carbocycles. The van der Waals surface area contributed by atoms with Crippen molar-refractivity contribution in [2.45, 2.75) is 10.3 Å². The Kier molecular flexibility index (Phi) is 4.14. The molecule has 0 heterocycles. The number of carbonyl (C=O) groups is 1. The molecule has 15 heavy (non-hydrogen) atoms. The smallest absolute Gasteiger partial charge is 0.332 e. The number of alkyl halides is 2. The summed E-state index contributed by atoms with van der Waals surface area (Å²) >= 11 is 34.3. The molecule has 1 aliphatic rings. The molecular weight excluding hydrogens is 329 g/mol. The van der Waals surface area contributed by atoms with Crippen molar-refractivity contribution in [1.82, 2.24) is 0 Å². The predicted octanol–water partition coefficient (Wildman–Crippen LogP) is 4.05. The standard InChI is InChI=1S/C7H2Cl6O2/c8-1-2(9)4(11)7(13,6(14)15)5(12)3(1)10/h4H,(H,14,15). The fourth-order valence-corrected chi connectivity index (χ4v) is 2.79. The molecule has 0 spiro atoms. The summed E-state index contributed by atoms with van der Waals surface area (Å²) in [5.74, 6) is -1.45. The van der Waals surface area contributed by atoms with Gasteiger partial charge in [-0.05, 0) is 0 Å². The fourth-order valence-electron chi connectivity index (χ4n) is 0.960. The van der Waals surface area contributed by atoms with E-state index in [1.54, 1.807) is 0 Å². The molecular formula is C7H2Cl6O2. The molecule has 2 unspecified atom stereocenters. The monoisotopic (exact) mass is 328 g/mol. The van der Waals surface area contributed by atoms with Gasteiger partial charge in [0.05, 0.1) is 20.1 Å². The van der Waals surface area contributed by atoms with Gasteiger partial charge in [-0.2, -0.15) is 0 Å².